The fourth-order valence-corrected chi connectivity index (χ4v) is 1.41. The molecule has 5 nitrogen and oxygen atoms in total. The summed E-state index contributed by atoms with van der Waals surface area (Å²) >= 11 is 0. The number of carbonyl (C=O) groups is 1. The summed E-state index contributed by atoms with van der Waals surface area (Å²) in [5, 5.41) is 6.58. The van der Waals surface area contributed by atoms with Crippen LogP contribution in [0.2, 0.25) is 0 Å². The van der Waals surface area contributed by atoms with Gasteiger partial charge in [0.15, 0.2) is 0 Å². The molecular formula is C11H19N3O2. The Morgan fingerprint density at radius 3 is 2.81 bits per heavy atom. The molecule has 1 aromatic rings. The Hall–Kier alpha value is -1.39. The Labute approximate surface area is 95.6 Å². The molecule has 0 spiro atoms. The van der Waals surface area contributed by atoms with Crippen molar-refractivity contribution in [3.8, 4) is 0 Å². The predicted octanol–water partition coefficient (Wildman–Crippen LogP) is 2.10. The number of aromatic amines is 1. The number of carbonyl (C=O) groups excluding carboxylic acids is 1. The molecule has 0 amide bonds. The van der Waals surface area contributed by atoms with E-state index in [0.29, 0.717) is 6.61 Å². The molecule has 0 aromatic carbocycles. The van der Waals surface area contributed by atoms with Gasteiger partial charge in [0, 0.05) is 6.42 Å². The van der Waals surface area contributed by atoms with Crippen molar-refractivity contribution in [2.45, 2.75) is 46.0 Å². The number of ether oxygens (including phenoxy) is 1. The van der Waals surface area contributed by atoms with Crippen LogP contribution in [0.1, 0.15) is 56.0 Å². The summed E-state index contributed by atoms with van der Waals surface area (Å²) < 4.78 is 4.80. The number of nitrogens with one attached hydrogen (secondary N) is 1. The van der Waals surface area contributed by atoms with E-state index in [9.17, 15) is 4.79 Å². The van der Waals surface area contributed by atoms with E-state index in [2.05, 4.69) is 22.1 Å². The second-order valence-electron chi connectivity index (χ2n) is 3.64. The van der Waals surface area contributed by atoms with Crippen LogP contribution in [0.15, 0.2) is 0 Å². The topological polar surface area (TPSA) is 67.9 Å². The lowest BCUT2D eigenvalue weighted by Gasteiger charge is -1.96. The lowest BCUT2D eigenvalue weighted by Crippen LogP contribution is -2.06. The van der Waals surface area contributed by atoms with Crippen molar-refractivity contribution in [3.63, 3.8) is 0 Å². The maximum atomic E-state index is 11.3. The fraction of sp³-hybridized carbons (Fsp3) is 0.727. The van der Waals surface area contributed by atoms with Gasteiger partial charge in [-0.1, -0.05) is 26.2 Å². The molecule has 0 bridgehead atoms. The summed E-state index contributed by atoms with van der Waals surface area (Å²) in [6.07, 6.45) is 5.55. The minimum Gasteiger partial charge on any atom is -0.460 e. The van der Waals surface area contributed by atoms with Crippen LogP contribution in [0.5, 0.6) is 0 Å². The summed E-state index contributed by atoms with van der Waals surface area (Å²) in [5.41, 5.74) is 0. The largest absolute Gasteiger partial charge is 0.460 e. The van der Waals surface area contributed by atoms with E-state index in [0.717, 1.165) is 18.7 Å². The van der Waals surface area contributed by atoms with Gasteiger partial charge in [0.25, 0.3) is 5.82 Å². The van der Waals surface area contributed by atoms with Gasteiger partial charge in [-0.05, 0) is 13.3 Å². The molecule has 1 N–H and O–H groups in total. The summed E-state index contributed by atoms with van der Waals surface area (Å²) in [4.78, 5) is 15.4. The van der Waals surface area contributed by atoms with E-state index in [4.69, 9.17) is 4.74 Å². The third kappa shape index (κ3) is 4.00. The Bertz CT molecular complexity index is 323. The minimum atomic E-state index is -0.460. The van der Waals surface area contributed by atoms with Crippen molar-refractivity contribution in [2.75, 3.05) is 6.61 Å². The van der Waals surface area contributed by atoms with Gasteiger partial charge in [0.05, 0.1) is 6.61 Å². The summed E-state index contributed by atoms with van der Waals surface area (Å²) in [6.45, 7) is 4.28. The smallest absolute Gasteiger partial charge is 0.378 e. The van der Waals surface area contributed by atoms with Crippen molar-refractivity contribution in [2.24, 2.45) is 0 Å². The van der Waals surface area contributed by atoms with E-state index in [1.54, 1.807) is 6.92 Å². The Morgan fingerprint density at radius 2 is 2.12 bits per heavy atom. The van der Waals surface area contributed by atoms with Gasteiger partial charge < -0.3 is 4.74 Å². The first kappa shape index (κ1) is 12.7. The van der Waals surface area contributed by atoms with E-state index >= 15 is 0 Å². The van der Waals surface area contributed by atoms with Gasteiger partial charge >= 0.3 is 5.97 Å². The molecule has 0 unspecified atom stereocenters. The number of hydrogen-bond acceptors (Lipinski definition) is 4. The van der Waals surface area contributed by atoms with Gasteiger partial charge in [-0.2, -0.15) is 0 Å². The number of esters is 1. The first-order valence-corrected chi connectivity index (χ1v) is 5.86. The SMILES string of the molecule is CCCCCCc1nc(C(=O)OCC)n[nH]1. The third-order valence-electron chi connectivity index (χ3n) is 2.26. The van der Waals surface area contributed by atoms with Crippen LogP contribution in [0, 0.1) is 0 Å². The zero-order valence-corrected chi connectivity index (χ0v) is 9.95. The molecule has 0 saturated heterocycles. The normalized spacial score (nSPS) is 10.4. The highest BCUT2D eigenvalue weighted by Gasteiger charge is 2.12. The molecular weight excluding hydrogens is 206 g/mol. The van der Waals surface area contributed by atoms with Crippen molar-refractivity contribution >= 4 is 5.97 Å². The molecule has 90 valence electrons. The van der Waals surface area contributed by atoms with Crippen LogP contribution >= 0.6 is 0 Å². The average Bonchev–Trinajstić information content (AvgIpc) is 2.73. The minimum absolute atomic E-state index is 0.132. The van der Waals surface area contributed by atoms with Crippen LogP contribution in [-0.4, -0.2) is 27.8 Å². The molecule has 0 saturated carbocycles. The second-order valence-corrected chi connectivity index (χ2v) is 3.64. The maximum Gasteiger partial charge on any atom is 0.378 e. The third-order valence-corrected chi connectivity index (χ3v) is 2.26. The molecule has 0 radical (unpaired) electrons. The highest BCUT2D eigenvalue weighted by atomic mass is 16.5. The molecule has 5 heteroatoms. The van der Waals surface area contributed by atoms with Crippen molar-refractivity contribution < 1.29 is 9.53 Å². The molecule has 1 heterocycles. The van der Waals surface area contributed by atoms with Crippen molar-refractivity contribution in [3.05, 3.63) is 11.6 Å². The van der Waals surface area contributed by atoms with E-state index in [-0.39, 0.29) is 5.82 Å². The summed E-state index contributed by atoms with van der Waals surface area (Å²) in [7, 11) is 0. The number of rotatable bonds is 7. The first-order chi connectivity index (χ1) is 7.77. The predicted molar refractivity (Wildman–Crippen MR) is 60.2 cm³/mol. The Morgan fingerprint density at radius 1 is 1.31 bits per heavy atom. The molecule has 1 aromatic heterocycles. The molecule has 0 atom stereocenters. The van der Waals surface area contributed by atoms with Crippen LogP contribution in [0.4, 0.5) is 0 Å². The zero-order chi connectivity index (χ0) is 11.8. The number of nitrogens with zero attached hydrogens (tertiary/aromatic N) is 2. The number of H-pyrrole nitrogens is 1. The number of aromatic nitrogens is 3. The van der Waals surface area contributed by atoms with Gasteiger partial charge in [0.2, 0.25) is 0 Å². The van der Waals surface area contributed by atoms with E-state index in [1.165, 1.54) is 19.3 Å². The quantitative estimate of drug-likeness (QED) is 0.570. The van der Waals surface area contributed by atoms with Gasteiger partial charge in [0.1, 0.15) is 5.82 Å². The fourth-order valence-electron chi connectivity index (χ4n) is 1.41. The number of aryl methyl sites for hydroxylation is 1. The zero-order valence-electron chi connectivity index (χ0n) is 9.95. The van der Waals surface area contributed by atoms with E-state index < -0.39 is 5.97 Å². The summed E-state index contributed by atoms with van der Waals surface area (Å²) in [5.74, 6) is 0.435. The van der Waals surface area contributed by atoms with Gasteiger partial charge in [-0.15, -0.1) is 5.10 Å². The molecule has 1 rings (SSSR count). The van der Waals surface area contributed by atoms with Crippen LogP contribution in [0.3, 0.4) is 0 Å². The van der Waals surface area contributed by atoms with Crippen molar-refractivity contribution in [1.82, 2.24) is 15.2 Å². The standard InChI is InChI=1S/C11H19N3O2/c1-3-5-6-7-8-9-12-10(14-13-9)11(15)16-4-2/h3-8H2,1-2H3,(H,12,13,14). The summed E-state index contributed by atoms with van der Waals surface area (Å²) in [6, 6.07) is 0. The monoisotopic (exact) mass is 225 g/mol. The van der Waals surface area contributed by atoms with Crippen LogP contribution < -0.4 is 0 Å². The first-order valence-electron chi connectivity index (χ1n) is 5.86. The number of unbranched alkanes of at least 4 members (excludes halogenated alkanes) is 3. The highest BCUT2D eigenvalue weighted by Crippen LogP contribution is 2.04. The van der Waals surface area contributed by atoms with E-state index in [1.807, 2.05) is 0 Å². The lowest BCUT2D eigenvalue weighted by molar-refractivity contribution is 0.0512. The van der Waals surface area contributed by atoms with Crippen LogP contribution in [-0.2, 0) is 11.2 Å². The van der Waals surface area contributed by atoms with Crippen LogP contribution in [0.25, 0.3) is 0 Å². The maximum absolute atomic E-state index is 11.3. The molecule has 0 aliphatic carbocycles. The Balaban J connectivity index is 2.36. The lowest BCUT2D eigenvalue weighted by atomic mass is 10.1. The highest BCUT2D eigenvalue weighted by molar-refractivity contribution is 5.84. The second kappa shape index (κ2) is 6.98. The van der Waals surface area contributed by atoms with Crippen molar-refractivity contribution in [1.29, 1.82) is 0 Å². The molecule has 0 aliphatic rings. The Kier molecular flexibility index (Phi) is 5.53. The molecule has 16 heavy (non-hydrogen) atoms. The molecule has 0 fully saturated rings. The molecule has 0 aliphatic heterocycles. The van der Waals surface area contributed by atoms with Gasteiger partial charge in [-0.3, -0.25) is 5.10 Å². The number of hydrogen-bond donors (Lipinski definition) is 1. The van der Waals surface area contributed by atoms with Gasteiger partial charge in [-0.25, -0.2) is 9.78 Å². The average molecular weight is 225 g/mol.